The molecular weight excluding hydrogens is 312 g/mol. The van der Waals surface area contributed by atoms with Gasteiger partial charge in [-0.15, -0.1) is 0 Å². The predicted molar refractivity (Wildman–Crippen MR) is 81.1 cm³/mol. The number of likely N-dealkylation sites (N-methyl/N-ethyl adjacent to an activating group) is 1. The van der Waals surface area contributed by atoms with Gasteiger partial charge >= 0.3 is 0 Å². The number of likely N-dealkylation sites (tertiary alicyclic amines) is 1. The molecule has 100 valence electrons. The Hall–Kier alpha value is -0.0900. The molecular formula is C14H20BrClN2. The van der Waals surface area contributed by atoms with Crippen molar-refractivity contribution in [3.05, 3.63) is 33.3 Å². The summed E-state index contributed by atoms with van der Waals surface area (Å²) in [5, 5.41) is 4.08. The monoisotopic (exact) mass is 330 g/mol. The summed E-state index contributed by atoms with van der Waals surface area (Å²) >= 11 is 9.53. The first-order valence-electron chi connectivity index (χ1n) is 6.53. The molecule has 0 spiro atoms. The zero-order valence-electron chi connectivity index (χ0n) is 10.8. The molecule has 1 heterocycles. The minimum absolute atomic E-state index is 0.665. The minimum Gasteiger partial charge on any atom is -0.318 e. The number of nitrogens with one attached hydrogen (secondary N) is 1. The van der Waals surface area contributed by atoms with Crippen LogP contribution in [0.1, 0.15) is 24.8 Å². The lowest BCUT2D eigenvalue weighted by molar-refractivity contribution is 0.139. The quantitative estimate of drug-likeness (QED) is 0.905. The van der Waals surface area contributed by atoms with Gasteiger partial charge in [0.25, 0.3) is 0 Å². The van der Waals surface area contributed by atoms with Crippen molar-refractivity contribution in [3.63, 3.8) is 0 Å². The Kier molecular flexibility index (Phi) is 5.49. The molecule has 1 saturated heterocycles. The Balaban J connectivity index is 2.03. The number of hydrogen-bond acceptors (Lipinski definition) is 2. The van der Waals surface area contributed by atoms with Crippen molar-refractivity contribution < 1.29 is 0 Å². The Morgan fingerprint density at radius 1 is 1.44 bits per heavy atom. The normalized spacial score (nSPS) is 21.2. The number of benzene rings is 1. The zero-order chi connectivity index (χ0) is 13.0. The second-order valence-corrected chi connectivity index (χ2v) is 6.19. The van der Waals surface area contributed by atoms with Crippen molar-refractivity contribution >= 4 is 27.5 Å². The third-order valence-corrected chi connectivity index (χ3v) is 4.77. The largest absolute Gasteiger partial charge is 0.318 e. The molecule has 0 aromatic heterocycles. The van der Waals surface area contributed by atoms with Crippen LogP contribution < -0.4 is 5.32 Å². The average molecular weight is 332 g/mol. The van der Waals surface area contributed by atoms with Gasteiger partial charge in [-0.05, 0) is 60.1 Å². The minimum atomic E-state index is 0.665. The van der Waals surface area contributed by atoms with Crippen LogP contribution in [0.2, 0.25) is 5.02 Å². The standard InChI is InChI=1S/C14H20BrClN2/c1-17-9-12-4-2-3-7-18(12)10-11-5-6-14(16)13(15)8-11/h5-6,8,12,17H,2-4,7,9-10H2,1H3. The molecule has 0 amide bonds. The maximum absolute atomic E-state index is 6.03. The van der Waals surface area contributed by atoms with Gasteiger partial charge in [-0.2, -0.15) is 0 Å². The van der Waals surface area contributed by atoms with E-state index >= 15 is 0 Å². The van der Waals surface area contributed by atoms with Crippen LogP contribution in [0.25, 0.3) is 0 Å². The van der Waals surface area contributed by atoms with E-state index in [-0.39, 0.29) is 0 Å². The number of hydrogen-bond donors (Lipinski definition) is 1. The van der Waals surface area contributed by atoms with Crippen molar-refractivity contribution in [2.75, 3.05) is 20.1 Å². The van der Waals surface area contributed by atoms with Gasteiger partial charge < -0.3 is 5.32 Å². The Morgan fingerprint density at radius 2 is 2.28 bits per heavy atom. The molecule has 1 unspecified atom stereocenters. The first-order valence-corrected chi connectivity index (χ1v) is 7.70. The van der Waals surface area contributed by atoms with Crippen LogP contribution in [0.3, 0.4) is 0 Å². The van der Waals surface area contributed by atoms with Crippen LogP contribution >= 0.6 is 27.5 Å². The molecule has 1 aliphatic heterocycles. The second kappa shape index (κ2) is 6.90. The van der Waals surface area contributed by atoms with E-state index in [4.69, 9.17) is 11.6 Å². The molecule has 0 aliphatic carbocycles. The number of rotatable bonds is 4. The van der Waals surface area contributed by atoms with Crippen LogP contribution in [-0.4, -0.2) is 31.1 Å². The van der Waals surface area contributed by atoms with E-state index in [1.807, 2.05) is 13.1 Å². The van der Waals surface area contributed by atoms with Crippen molar-refractivity contribution in [1.82, 2.24) is 10.2 Å². The smallest absolute Gasteiger partial charge is 0.0548 e. The molecule has 2 nitrogen and oxygen atoms in total. The van der Waals surface area contributed by atoms with Crippen LogP contribution in [0, 0.1) is 0 Å². The van der Waals surface area contributed by atoms with E-state index in [9.17, 15) is 0 Å². The first-order chi connectivity index (χ1) is 8.70. The van der Waals surface area contributed by atoms with Gasteiger partial charge in [-0.3, -0.25) is 4.90 Å². The molecule has 0 saturated carbocycles. The van der Waals surface area contributed by atoms with Crippen molar-refractivity contribution in [3.8, 4) is 0 Å². The molecule has 18 heavy (non-hydrogen) atoms. The fourth-order valence-corrected chi connectivity index (χ4v) is 3.15. The highest BCUT2D eigenvalue weighted by molar-refractivity contribution is 9.10. The van der Waals surface area contributed by atoms with Crippen LogP contribution in [0.4, 0.5) is 0 Å². The Morgan fingerprint density at radius 3 is 3.00 bits per heavy atom. The van der Waals surface area contributed by atoms with Crippen molar-refractivity contribution in [2.24, 2.45) is 0 Å². The molecule has 1 aromatic rings. The van der Waals surface area contributed by atoms with Crippen LogP contribution in [0.15, 0.2) is 22.7 Å². The maximum Gasteiger partial charge on any atom is 0.0548 e. The maximum atomic E-state index is 6.03. The van der Waals surface area contributed by atoms with Gasteiger partial charge in [-0.1, -0.05) is 24.1 Å². The molecule has 1 aliphatic rings. The summed E-state index contributed by atoms with van der Waals surface area (Å²) in [5.74, 6) is 0. The van der Waals surface area contributed by atoms with Gasteiger partial charge in [-0.25, -0.2) is 0 Å². The Bertz CT molecular complexity index is 395. The van der Waals surface area contributed by atoms with E-state index in [1.165, 1.54) is 31.4 Å². The summed E-state index contributed by atoms with van der Waals surface area (Å²) in [5.41, 5.74) is 1.33. The predicted octanol–water partition coefficient (Wildman–Crippen LogP) is 3.68. The van der Waals surface area contributed by atoms with Gasteiger partial charge in [0.2, 0.25) is 0 Å². The fraction of sp³-hybridized carbons (Fsp3) is 0.571. The van der Waals surface area contributed by atoms with Crippen molar-refractivity contribution in [1.29, 1.82) is 0 Å². The lowest BCUT2D eigenvalue weighted by Crippen LogP contribution is -2.44. The van der Waals surface area contributed by atoms with Crippen LogP contribution in [-0.2, 0) is 6.54 Å². The van der Waals surface area contributed by atoms with E-state index in [0.29, 0.717) is 6.04 Å². The van der Waals surface area contributed by atoms with Crippen LogP contribution in [0.5, 0.6) is 0 Å². The molecule has 1 aromatic carbocycles. The van der Waals surface area contributed by atoms with E-state index in [1.54, 1.807) is 0 Å². The Labute approximate surface area is 123 Å². The summed E-state index contributed by atoms with van der Waals surface area (Å²) in [4.78, 5) is 2.58. The molecule has 2 rings (SSSR count). The first kappa shape index (κ1) is 14.3. The van der Waals surface area contributed by atoms with Gasteiger partial charge in [0.1, 0.15) is 0 Å². The third kappa shape index (κ3) is 3.70. The number of piperidine rings is 1. The lowest BCUT2D eigenvalue weighted by atomic mass is 10.0. The molecule has 1 N–H and O–H groups in total. The highest BCUT2D eigenvalue weighted by Gasteiger charge is 2.21. The lowest BCUT2D eigenvalue weighted by Gasteiger charge is -2.35. The molecule has 0 radical (unpaired) electrons. The molecule has 0 bridgehead atoms. The summed E-state index contributed by atoms with van der Waals surface area (Å²) in [6, 6.07) is 6.89. The summed E-state index contributed by atoms with van der Waals surface area (Å²) < 4.78 is 0.990. The van der Waals surface area contributed by atoms with Crippen molar-refractivity contribution in [2.45, 2.75) is 31.8 Å². The summed E-state index contributed by atoms with van der Waals surface area (Å²) in [6.45, 7) is 3.30. The van der Waals surface area contributed by atoms with Gasteiger partial charge in [0.15, 0.2) is 0 Å². The zero-order valence-corrected chi connectivity index (χ0v) is 13.1. The van der Waals surface area contributed by atoms with Gasteiger partial charge in [0.05, 0.1) is 5.02 Å². The highest BCUT2D eigenvalue weighted by Crippen LogP contribution is 2.25. The second-order valence-electron chi connectivity index (χ2n) is 4.93. The van der Waals surface area contributed by atoms with E-state index in [0.717, 1.165) is 22.6 Å². The number of nitrogens with zero attached hydrogens (tertiary/aromatic N) is 1. The SMILES string of the molecule is CNCC1CCCCN1Cc1ccc(Cl)c(Br)c1. The summed E-state index contributed by atoms with van der Waals surface area (Å²) in [7, 11) is 2.03. The highest BCUT2D eigenvalue weighted by atomic mass is 79.9. The fourth-order valence-electron chi connectivity index (χ4n) is 2.61. The topological polar surface area (TPSA) is 15.3 Å². The molecule has 1 atom stereocenters. The van der Waals surface area contributed by atoms with Gasteiger partial charge in [0, 0.05) is 23.6 Å². The molecule has 4 heteroatoms. The summed E-state index contributed by atoms with van der Waals surface area (Å²) in [6.07, 6.45) is 3.97. The van der Waals surface area contributed by atoms with E-state index < -0.39 is 0 Å². The van der Waals surface area contributed by atoms with E-state index in [2.05, 4.69) is 38.3 Å². The third-order valence-electron chi connectivity index (χ3n) is 3.56. The molecule has 1 fully saturated rings. The average Bonchev–Trinajstić information content (AvgIpc) is 2.37. The number of halogens is 2.